The summed E-state index contributed by atoms with van der Waals surface area (Å²) in [6.07, 6.45) is 1.92. The van der Waals surface area contributed by atoms with Gasteiger partial charge < -0.3 is 28.9 Å². The van der Waals surface area contributed by atoms with Gasteiger partial charge in [0.25, 0.3) is 0 Å². The van der Waals surface area contributed by atoms with Crippen molar-refractivity contribution in [2.24, 2.45) is 5.16 Å². The van der Waals surface area contributed by atoms with E-state index in [0.29, 0.717) is 41.6 Å². The number of ether oxygens (including phenoxy) is 5. The lowest BCUT2D eigenvalue weighted by atomic mass is 9.87. The van der Waals surface area contributed by atoms with E-state index in [-0.39, 0.29) is 12.8 Å². The summed E-state index contributed by atoms with van der Waals surface area (Å²) in [6.45, 7) is 1.08. The van der Waals surface area contributed by atoms with Gasteiger partial charge in [0.15, 0.2) is 23.0 Å². The summed E-state index contributed by atoms with van der Waals surface area (Å²) >= 11 is 0. The summed E-state index contributed by atoms with van der Waals surface area (Å²) in [5.41, 5.74) is 3.87. The van der Waals surface area contributed by atoms with E-state index >= 15 is 0 Å². The molecule has 2 heterocycles. The lowest BCUT2D eigenvalue weighted by molar-refractivity contribution is 0.170. The lowest BCUT2D eigenvalue weighted by Crippen LogP contribution is -2.34. The summed E-state index contributed by atoms with van der Waals surface area (Å²) in [7, 11) is 6.93. The summed E-state index contributed by atoms with van der Waals surface area (Å²) in [6, 6.07) is 7.74. The van der Waals surface area contributed by atoms with Crippen molar-refractivity contribution in [3.05, 3.63) is 41.0 Å². The second-order valence-corrected chi connectivity index (χ2v) is 7.70. The van der Waals surface area contributed by atoms with Crippen molar-refractivity contribution in [2.45, 2.75) is 25.3 Å². The zero-order valence-electron chi connectivity index (χ0n) is 18.3. The first-order valence-corrected chi connectivity index (χ1v) is 10.2. The van der Waals surface area contributed by atoms with E-state index < -0.39 is 0 Å². The van der Waals surface area contributed by atoms with Crippen molar-refractivity contribution in [1.29, 1.82) is 0 Å². The Labute approximate surface area is 181 Å². The molecular formula is C23H28N2O6. The Morgan fingerprint density at radius 3 is 2.65 bits per heavy atom. The van der Waals surface area contributed by atoms with Crippen LogP contribution in [0, 0.1) is 0 Å². The van der Waals surface area contributed by atoms with E-state index in [2.05, 4.69) is 17.1 Å². The Morgan fingerprint density at radius 2 is 1.94 bits per heavy atom. The number of hydrogen-bond donors (Lipinski definition) is 1. The van der Waals surface area contributed by atoms with Gasteiger partial charge in [-0.1, -0.05) is 11.2 Å². The molecule has 31 heavy (non-hydrogen) atoms. The number of fused-ring (bicyclic) bond motifs is 2. The summed E-state index contributed by atoms with van der Waals surface area (Å²) in [5, 5.41) is 13.4. The van der Waals surface area contributed by atoms with Crippen molar-refractivity contribution >= 4 is 5.71 Å². The molecule has 0 amide bonds. The molecule has 2 aliphatic rings. The molecule has 1 atom stereocenters. The van der Waals surface area contributed by atoms with Crippen molar-refractivity contribution in [1.82, 2.24) is 4.90 Å². The molecule has 0 aromatic heterocycles. The summed E-state index contributed by atoms with van der Waals surface area (Å²) < 4.78 is 27.7. The highest BCUT2D eigenvalue weighted by atomic mass is 16.7. The van der Waals surface area contributed by atoms with Gasteiger partial charge in [-0.2, -0.15) is 0 Å². The van der Waals surface area contributed by atoms with Gasteiger partial charge in [0, 0.05) is 31.0 Å². The van der Waals surface area contributed by atoms with Gasteiger partial charge in [-0.05, 0) is 42.8 Å². The van der Waals surface area contributed by atoms with E-state index in [1.807, 2.05) is 24.3 Å². The average Bonchev–Trinajstić information content (AvgIpc) is 3.26. The van der Waals surface area contributed by atoms with Gasteiger partial charge in [0.2, 0.25) is 12.5 Å². The van der Waals surface area contributed by atoms with Crippen LogP contribution in [-0.2, 0) is 12.8 Å². The van der Waals surface area contributed by atoms with Crippen LogP contribution in [-0.4, -0.2) is 57.5 Å². The monoisotopic (exact) mass is 428 g/mol. The standard InChI is InChI=1S/C23H28N2O6/c1-25-8-7-15-11-20-22(31-13-30-20)23(29-4)21(15)17(25)12-16(24-26)9-14-5-6-18(27-2)19(10-14)28-3/h5-6,10-11,17,26H,7-9,12-13H2,1-4H3/t17-/m0/s1. The summed E-state index contributed by atoms with van der Waals surface area (Å²) in [4.78, 5) is 2.26. The molecule has 2 aromatic carbocycles. The van der Waals surface area contributed by atoms with Gasteiger partial charge in [0.1, 0.15) is 0 Å². The van der Waals surface area contributed by atoms with Crippen LogP contribution in [0.5, 0.6) is 28.7 Å². The number of benzene rings is 2. The smallest absolute Gasteiger partial charge is 0.231 e. The van der Waals surface area contributed by atoms with E-state index in [4.69, 9.17) is 23.7 Å². The Kier molecular flexibility index (Phi) is 6.08. The van der Waals surface area contributed by atoms with Crippen LogP contribution in [0.4, 0.5) is 0 Å². The predicted molar refractivity (Wildman–Crippen MR) is 115 cm³/mol. The highest BCUT2D eigenvalue weighted by Gasteiger charge is 2.34. The Balaban J connectivity index is 1.63. The second-order valence-electron chi connectivity index (χ2n) is 7.70. The zero-order valence-corrected chi connectivity index (χ0v) is 18.3. The normalized spacial score (nSPS) is 17.9. The van der Waals surface area contributed by atoms with Crippen molar-refractivity contribution in [3.63, 3.8) is 0 Å². The third-order valence-electron chi connectivity index (χ3n) is 5.97. The van der Waals surface area contributed by atoms with Crippen LogP contribution >= 0.6 is 0 Å². The molecule has 0 fully saturated rings. The van der Waals surface area contributed by atoms with Gasteiger partial charge in [0.05, 0.1) is 27.0 Å². The number of hydrogen-bond acceptors (Lipinski definition) is 8. The van der Waals surface area contributed by atoms with Crippen LogP contribution in [0.2, 0.25) is 0 Å². The van der Waals surface area contributed by atoms with Crippen LogP contribution in [0.15, 0.2) is 29.4 Å². The molecule has 2 aromatic rings. The maximum Gasteiger partial charge on any atom is 0.231 e. The van der Waals surface area contributed by atoms with Gasteiger partial charge in [-0.25, -0.2) is 0 Å². The molecule has 0 saturated heterocycles. The first-order chi connectivity index (χ1) is 15.1. The second kappa shape index (κ2) is 8.93. The van der Waals surface area contributed by atoms with Crippen LogP contribution in [0.3, 0.4) is 0 Å². The highest BCUT2D eigenvalue weighted by Crippen LogP contribution is 2.50. The molecule has 8 nitrogen and oxygen atoms in total. The average molecular weight is 428 g/mol. The highest BCUT2D eigenvalue weighted by molar-refractivity contribution is 5.87. The number of rotatable bonds is 7. The summed E-state index contributed by atoms with van der Waals surface area (Å²) in [5.74, 6) is 3.37. The fourth-order valence-electron chi connectivity index (χ4n) is 4.38. The van der Waals surface area contributed by atoms with E-state index in [0.717, 1.165) is 29.8 Å². The maximum absolute atomic E-state index is 9.80. The molecule has 0 radical (unpaired) electrons. The fourth-order valence-corrected chi connectivity index (χ4v) is 4.38. The topological polar surface area (TPSA) is 82.0 Å². The number of oxime groups is 1. The number of nitrogens with zero attached hydrogens (tertiary/aromatic N) is 2. The minimum atomic E-state index is -0.0146. The van der Waals surface area contributed by atoms with Gasteiger partial charge in [-0.15, -0.1) is 0 Å². The zero-order chi connectivity index (χ0) is 22.0. The molecule has 0 bridgehead atoms. The van der Waals surface area contributed by atoms with E-state index in [9.17, 15) is 5.21 Å². The largest absolute Gasteiger partial charge is 0.493 e. The third-order valence-corrected chi connectivity index (χ3v) is 5.97. The van der Waals surface area contributed by atoms with Crippen molar-refractivity contribution in [3.8, 4) is 28.7 Å². The molecule has 0 unspecified atom stereocenters. The molecule has 0 aliphatic carbocycles. The van der Waals surface area contributed by atoms with Gasteiger partial charge in [-0.3, -0.25) is 4.90 Å². The maximum atomic E-state index is 9.80. The first kappa shape index (κ1) is 21.1. The molecule has 0 spiro atoms. The van der Waals surface area contributed by atoms with Gasteiger partial charge >= 0.3 is 0 Å². The molecule has 4 rings (SSSR count). The Hall–Kier alpha value is -3.13. The van der Waals surface area contributed by atoms with Crippen LogP contribution in [0.25, 0.3) is 0 Å². The first-order valence-electron chi connectivity index (χ1n) is 10.2. The minimum Gasteiger partial charge on any atom is -0.493 e. The Bertz CT molecular complexity index is 991. The number of methoxy groups -OCH3 is 3. The molecule has 1 N–H and O–H groups in total. The van der Waals surface area contributed by atoms with E-state index in [1.54, 1.807) is 21.3 Å². The fraction of sp³-hybridized carbons (Fsp3) is 0.435. The third kappa shape index (κ3) is 3.95. The predicted octanol–water partition coefficient (Wildman–Crippen LogP) is 3.43. The lowest BCUT2D eigenvalue weighted by Gasteiger charge is -2.36. The Morgan fingerprint density at radius 1 is 1.13 bits per heavy atom. The van der Waals surface area contributed by atoms with E-state index in [1.165, 1.54) is 5.56 Å². The van der Waals surface area contributed by atoms with Crippen LogP contribution < -0.4 is 23.7 Å². The van der Waals surface area contributed by atoms with Crippen molar-refractivity contribution < 1.29 is 28.9 Å². The number of likely N-dealkylation sites (N-methyl/N-ethyl adjacent to an activating group) is 1. The molecule has 2 aliphatic heterocycles. The minimum absolute atomic E-state index is 0.0146. The molecule has 8 heteroatoms. The van der Waals surface area contributed by atoms with Crippen molar-refractivity contribution in [2.75, 3.05) is 41.7 Å². The SMILES string of the molecule is COc1ccc(CC(C[C@H]2c3c(cc4c(c3OC)OCO4)CCN2C)=NO)cc1OC. The quantitative estimate of drug-likeness (QED) is 0.411. The molecule has 0 saturated carbocycles. The molecular weight excluding hydrogens is 400 g/mol. The molecule has 166 valence electrons. The van der Waals surface area contributed by atoms with Crippen LogP contribution in [0.1, 0.15) is 29.2 Å².